The van der Waals surface area contributed by atoms with Gasteiger partial charge in [-0.25, -0.2) is 0 Å². The summed E-state index contributed by atoms with van der Waals surface area (Å²) >= 11 is 0. The minimum absolute atomic E-state index is 0.0807. The molecule has 2 unspecified atom stereocenters. The third kappa shape index (κ3) is 1.63. The van der Waals surface area contributed by atoms with Gasteiger partial charge >= 0.3 is 0 Å². The van der Waals surface area contributed by atoms with E-state index in [1.807, 2.05) is 6.92 Å². The molecule has 1 heterocycles. The molecule has 0 aromatic carbocycles. The lowest BCUT2D eigenvalue weighted by Gasteiger charge is -2.18. The van der Waals surface area contributed by atoms with E-state index in [-0.39, 0.29) is 24.7 Å². The first kappa shape index (κ1) is 9.96. The molecule has 3 nitrogen and oxygen atoms in total. The fraction of sp³-hybridized carbons (Fsp3) is 1.00. The first-order valence-corrected chi connectivity index (χ1v) is 4.52. The number of rotatable bonds is 2. The van der Waals surface area contributed by atoms with Crippen molar-refractivity contribution >= 4 is 0 Å². The Morgan fingerprint density at radius 3 is 2.25 bits per heavy atom. The van der Waals surface area contributed by atoms with E-state index < -0.39 is 6.10 Å². The number of hydrogen-bond acceptors (Lipinski definition) is 3. The van der Waals surface area contributed by atoms with E-state index in [2.05, 4.69) is 13.8 Å². The zero-order valence-corrected chi connectivity index (χ0v) is 7.90. The highest BCUT2D eigenvalue weighted by atomic mass is 16.5. The first-order chi connectivity index (χ1) is 5.57. The molecule has 0 bridgehead atoms. The van der Waals surface area contributed by atoms with Gasteiger partial charge in [0.25, 0.3) is 0 Å². The molecule has 4 atom stereocenters. The lowest BCUT2D eigenvalue weighted by molar-refractivity contribution is -0.0341. The van der Waals surface area contributed by atoms with E-state index in [0.29, 0.717) is 5.92 Å². The Bertz CT molecular complexity index is 147. The van der Waals surface area contributed by atoms with Crippen LogP contribution in [-0.4, -0.2) is 35.1 Å². The smallest absolute Gasteiger partial charge is 0.107 e. The Morgan fingerprint density at radius 1 is 1.42 bits per heavy atom. The zero-order valence-electron chi connectivity index (χ0n) is 7.90. The molecule has 0 aromatic heterocycles. The van der Waals surface area contributed by atoms with Crippen LogP contribution in [0.4, 0.5) is 0 Å². The molecular weight excluding hydrogens is 156 g/mol. The normalized spacial score (nSPS) is 42.5. The Balaban J connectivity index is 2.60. The molecule has 0 spiro atoms. The molecule has 0 aromatic rings. The van der Waals surface area contributed by atoms with Gasteiger partial charge in [-0.3, -0.25) is 0 Å². The molecule has 1 rings (SSSR count). The third-order valence-corrected chi connectivity index (χ3v) is 2.61. The summed E-state index contributed by atoms with van der Waals surface area (Å²) < 4.78 is 5.50. The standard InChI is InChI=1S/C9H18O3/c1-5(2)9-6(3)8(11)7(4-10)12-9/h5-11H,4H2,1-3H3/t6?,7-,8?,9+/m0/s1. The van der Waals surface area contributed by atoms with Crippen molar-refractivity contribution in [3.8, 4) is 0 Å². The highest BCUT2D eigenvalue weighted by Crippen LogP contribution is 2.30. The summed E-state index contributed by atoms with van der Waals surface area (Å²) in [7, 11) is 0. The van der Waals surface area contributed by atoms with Crippen LogP contribution in [0.25, 0.3) is 0 Å². The highest BCUT2D eigenvalue weighted by Gasteiger charge is 2.41. The average molecular weight is 174 g/mol. The van der Waals surface area contributed by atoms with Gasteiger partial charge in [-0.15, -0.1) is 0 Å². The van der Waals surface area contributed by atoms with E-state index in [1.165, 1.54) is 0 Å². The van der Waals surface area contributed by atoms with Gasteiger partial charge in [0, 0.05) is 5.92 Å². The molecule has 0 aliphatic carbocycles. The van der Waals surface area contributed by atoms with Crippen LogP contribution < -0.4 is 0 Å². The number of ether oxygens (including phenoxy) is 1. The van der Waals surface area contributed by atoms with Crippen molar-refractivity contribution < 1.29 is 14.9 Å². The SMILES string of the molecule is CC(C)[C@H]1O[C@@H](CO)C(O)C1C. The van der Waals surface area contributed by atoms with Crippen LogP contribution in [0, 0.1) is 11.8 Å². The molecule has 1 fully saturated rings. The van der Waals surface area contributed by atoms with Crippen LogP contribution in [0.1, 0.15) is 20.8 Å². The van der Waals surface area contributed by atoms with E-state index >= 15 is 0 Å². The Labute approximate surface area is 73.4 Å². The van der Waals surface area contributed by atoms with Gasteiger partial charge in [0.15, 0.2) is 0 Å². The quantitative estimate of drug-likeness (QED) is 0.637. The van der Waals surface area contributed by atoms with E-state index in [1.54, 1.807) is 0 Å². The maximum Gasteiger partial charge on any atom is 0.107 e. The third-order valence-electron chi connectivity index (χ3n) is 2.61. The monoisotopic (exact) mass is 174 g/mol. The molecule has 0 radical (unpaired) electrons. The van der Waals surface area contributed by atoms with Crippen molar-refractivity contribution in [2.75, 3.05) is 6.61 Å². The van der Waals surface area contributed by atoms with Gasteiger partial charge in [-0.05, 0) is 5.92 Å². The number of aliphatic hydroxyl groups excluding tert-OH is 2. The van der Waals surface area contributed by atoms with Gasteiger partial charge < -0.3 is 14.9 Å². The van der Waals surface area contributed by atoms with Crippen molar-refractivity contribution in [1.29, 1.82) is 0 Å². The second-order valence-corrected chi connectivity index (χ2v) is 3.92. The largest absolute Gasteiger partial charge is 0.394 e. The maximum atomic E-state index is 9.59. The highest BCUT2D eigenvalue weighted by molar-refractivity contribution is 4.88. The molecule has 3 heteroatoms. The average Bonchev–Trinajstić information content (AvgIpc) is 2.30. The Kier molecular flexibility index (Phi) is 3.09. The van der Waals surface area contributed by atoms with Crippen LogP contribution in [0.15, 0.2) is 0 Å². The molecular formula is C9H18O3. The van der Waals surface area contributed by atoms with Crippen molar-refractivity contribution in [3.05, 3.63) is 0 Å². The van der Waals surface area contributed by atoms with Gasteiger partial charge in [0.05, 0.1) is 18.8 Å². The van der Waals surface area contributed by atoms with Gasteiger partial charge in [0.2, 0.25) is 0 Å². The second kappa shape index (κ2) is 3.73. The molecule has 1 aliphatic heterocycles. The topological polar surface area (TPSA) is 49.7 Å². The first-order valence-electron chi connectivity index (χ1n) is 4.52. The Hall–Kier alpha value is -0.120. The van der Waals surface area contributed by atoms with Crippen LogP contribution in [-0.2, 0) is 4.74 Å². The van der Waals surface area contributed by atoms with Crippen LogP contribution in [0.2, 0.25) is 0 Å². The summed E-state index contributed by atoms with van der Waals surface area (Å²) in [5.74, 6) is 0.522. The molecule has 0 amide bonds. The minimum atomic E-state index is -0.512. The zero-order chi connectivity index (χ0) is 9.30. The summed E-state index contributed by atoms with van der Waals surface area (Å²) in [6, 6.07) is 0. The van der Waals surface area contributed by atoms with Gasteiger partial charge in [0.1, 0.15) is 6.10 Å². The predicted octanol–water partition coefficient (Wildman–Crippen LogP) is 0.399. The summed E-state index contributed by atoms with van der Waals surface area (Å²) in [6.45, 7) is 6.00. The van der Waals surface area contributed by atoms with Crippen LogP contribution in [0.5, 0.6) is 0 Å². The van der Waals surface area contributed by atoms with E-state index in [0.717, 1.165) is 0 Å². The molecule has 0 saturated carbocycles. The summed E-state index contributed by atoms with van der Waals surface area (Å²) in [5.41, 5.74) is 0. The maximum absolute atomic E-state index is 9.59. The molecule has 1 aliphatic rings. The van der Waals surface area contributed by atoms with E-state index in [4.69, 9.17) is 9.84 Å². The van der Waals surface area contributed by atoms with Crippen LogP contribution in [0.3, 0.4) is 0 Å². The van der Waals surface area contributed by atoms with Crippen molar-refractivity contribution in [2.24, 2.45) is 11.8 Å². The Morgan fingerprint density at radius 2 is 2.00 bits per heavy atom. The van der Waals surface area contributed by atoms with E-state index in [9.17, 15) is 5.11 Å². The fourth-order valence-electron chi connectivity index (χ4n) is 1.85. The second-order valence-electron chi connectivity index (χ2n) is 3.92. The van der Waals surface area contributed by atoms with Crippen molar-refractivity contribution in [2.45, 2.75) is 39.1 Å². The summed E-state index contributed by atoms with van der Waals surface area (Å²) in [6.07, 6.45) is -0.813. The van der Waals surface area contributed by atoms with Gasteiger partial charge in [-0.2, -0.15) is 0 Å². The van der Waals surface area contributed by atoms with Crippen molar-refractivity contribution in [1.82, 2.24) is 0 Å². The van der Waals surface area contributed by atoms with Crippen LogP contribution >= 0.6 is 0 Å². The lowest BCUT2D eigenvalue weighted by Crippen LogP contribution is -2.28. The number of aliphatic hydroxyl groups is 2. The minimum Gasteiger partial charge on any atom is -0.394 e. The molecule has 72 valence electrons. The molecule has 1 saturated heterocycles. The summed E-state index contributed by atoms with van der Waals surface area (Å²) in [5, 5.41) is 18.5. The lowest BCUT2D eigenvalue weighted by atomic mass is 9.92. The molecule has 12 heavy (non-hydrogen) atoms. The summed E-state index contributed by atoms with van der Waals surface area (Å²) in [4.78, 5) is 0. The predicted molar refractivity (Wildman–Crippen MR) is 45.8 cm³/mol. The molecule has 2 N–H and O–H groups in total. The number of hydrogen-bond donors (Lipinski definition) is 2. The van der Waals surface area contributed by atoms with Crippen molar-refractivity contribution in [3.63, 3.8) is 0 Å². The fourth-order valence-corrected chi connectivity index (χ4v) is 1.85. The van der Waals surface area contributed by atoms with Gasteiger partial charge in [-0.1, -0.05) is 20.8 Å².